The fraction of sp³-hybridized carbons (Fsp3) is 0.409. The maximum Gasteiger partial charge on any atom is 1.00 e. The Morgan fingerprint density at radius 3 is 2.35 bits per heavy atom. The third kappa shape index (κ3) is 8.99. The number of carboxylic acid groups (broad SMARTS) is 1. The van der Waals surface area contributed by atoms with Crippen LogP contribution in [0.5, 0.6) is 5.75 Å². The number of nitro groups is 1. The molecule has 1 aliphatic rings. The van der Waals surface area contributed by atoms with Gasteiger partial charge in [0.05, 0.1) is 20.7 Å². The van der Waals surface area contributed by atoms with Crippen LogP contribution in [0.15, 0.2) is 46.6 Å². The molecule has 1 heterocycles. The number of nitrogens with zero attached hydrogens (tertiary/aromatic N) is 4. The Morgan fingerprint density at radius 2 is 1.81 bits per heavy atom. The van der Waals surface area contributed by atoms with Gasteiger partial charge in [-0.05, 0) is 56.9 Å². The number of nitro benzene ring substituents is 1. The van der Waals surface area contributed by atoms with E-state index >= 15 is 0 Å². The number of azo groups is 1. The molecule has 0 aromatic heterocycles. The molecule has 0 spiro atoms. The molecule has 0 radical (unpaired) electrons. The number of carbonyl (C=O) groups excluding carboxylic acids is 1. The van der Waals surface area contributed by atoms with Gasteiger partial charge in [-0.25, -0.2) is 8.42 Å². The molecule has 1 unspecified atom stereocenters. The van der Waals surface area contributed by atoms with Crippen molar-refractivity contribution >= 4 is 38.8 Å². The number of non-ortho nitro benzene ring substituents is 1. The van der Waals surface area contributed by atoms with Gasteiger partial charge in [0.1, 0.15) is 11.4 Å². The largest absolute Gasteiger partial charge is 1.00 e. The molecule has 0 saturated carbocycles. The summed E-state index contributed by atoms with van der Waals surface area (Å²) in [6.07, 6.45) is 0.377. The van der Waals surface area contributed by atoms with Crippen LogP contribution >= 0.6 is 0 Å². The maximum absolute atomic E-state index is 11.6. The molecular formula is C22H24N4Na2O8S. The first-order valence-corrected chi connectivity index (χ1v) is 12.3. The van der Waals surface area contributed by atoms with E-state index in [2.05, 4.69) is 10.2 Å². The van der Waals surface area contributed by atoms with Crippen LogP contribution in [0.2, 0.25) is 0 Å². The van der Waals surface area contributed by atoms with E-state index in [9.17, 15) is 38.1 Å². The molecule has 2 aromatic rings. The fourth-order valence-corrected chi connectivity index (χ4v) is 5.11. The monoisotopic (exact) mass is 550 g/mol. The average Bonchev–Trinajstić information content (AvgIpc) is 2.73. The van der Waals surface area contributed by atoms with Crippen LogP contribution in [0, 0.1) is 10.1 Å². The van der Waals surface area contributed by atoms with E-state index in [0.717, 1.165) is 0 Å². The summed E-state index contributed by atoms with van der Waals surface area (Å²) in [6, 6.07) is 8.11. The Bertz CT molecular complexity index is 1270. The summed E-state index contributed by atoms with van der Waals surface area (Å²) >= 11 is 0. The second-order valence-corrected chi connectivity index (χ2v) is 10.4. The predicted octanol–water partition coefficient (Wildman–Crippen LogP) is -3.13. The number of aromatic hydroxyl groups is 1. The predicted molar refractivity (Wildman–Crippen MR) is 123 cm³/mol. The molecule has 0 aliphatic carbocycles. The van der Waals surface area contributed by atoms with Gasteiger partial charge in [0.25, 0.3) is 5.69 Å². The Morgan fingerprint density at radius 1 is 1.19 bits per heavy atom. The first kappa shape index (κ1) is 33.4. The number of carbonyl (C=O) groups is 1. The minimum Gasteiger partial charge on any atom is -0.748 e. The molecule has 15 heteroatoms. The van der Waals surface area contributed by atoms with Gasteiger partial charge < -0.3 is 24.5 Å². The number of anilines is 1. The van der Waals surface area contributed by atoms with Crippen molar-refractivity contribution in [1.82, 2.24) is 0 Å². The molecule has 188 valence electrons. The van der Waals surface area contributed by atoms with Crippen molar-refractivity contribution in [2.75, 3.05) is 17.2 Å². The van der Waals surface area contributed by atoms with Crippen LogP contribution in [0.1, 0.15) is 44.6 Å². The Balaban J connectivity index is 0.00000342. The quantitative estimate of drug-likeness (QED) is 0.111. The topological polar surface area (TPSA) is 189 Å². The van der Waals surface area contributed by atoms with Gasteiger partial charge in [-0.3, -0.25) is 10.1 Å². The van der Waals surface area contributed by atoms with Crippen LogP contribution < -0.4 is 69.1 Å². The van der Waals surface area contributed by atoms with Gasteiger partial charge in [0.2, 0.25) is 0 Å². The second kappa shape index (κ2) is 13.5. The molecule has 0 fully saturated rings. The fourth-order valence-electron chi connectivity index (χ4n) is 4.32. The van der Waals surface area contributed by atoms with Gasteiger partial charge in [-0.15, -0.1) is 5.11 Å². The van der Waals surface area contributed by atoms with Gasteiger partial charge in [0, 0.05) is 53.6 Å². The van der Waals surface area contributed by atoms with E-state index in [1.165, 1.54) is 36.4 Å². The van der Waals surface area contributed by atoms with E-state index in [1.807, 2.05) is 18.7 Å². The maximum atomic E-state index is 11.6. The number of phenols is 1. The first-order chi connectivity index (χ1) is 16.3. The molecule has 2 aromatic carbocycles. The van der Waals surface area contributed by atoms with Crippen molar-refractivity contribution in [3.8, 4) is 5.75 Å². The third-order valence-electron chi connectivity index (χ3n) is 5.83. The molecule has 1 atom stereocenters. The van der Waals surface area contributed by atoms with Crippen molar-refractivity contribution in [2.45, 2.75) is 44.6 Å². The normalized spacial score (nSPS) is 16.4. The molecular weight excluding hydrogens is 526 g/mol. The summed E-state index contributed by atoms with van der Waals surface area (Å²) in [6.45, 7) is 3.99. The number of phenolic OH excluding ortho intramolecular Hbond substituents is 1. The SMILES string of the molecule is CC1(C)CC(CS(=O)(=O)[O-])c2cc(N=Nc3ccc([N+](=O)[O-])cc3)c(O)cc2N1CCCC(=O)[O-].[Na+].[Na+]. The smallest absolute Gasteiger partial charge is 0.748 e. The summed E-state index contributed by atoms with van der Waals surface area (Å²) in [4.78, 5) is 23.0. The van der Waals surface area contributed by atoms with Crippen LogP contribution in [-0.2, 0) is 14.9 Å². The van der Waals surface area contributed by atoms with Crippen LogP contribution in [0.25, 0.3) is 0 Å². The zero-order valence-corrected chi connectivity index (χ0v) is 25.9. The van der Waals surface area contributed by atoms with E-state index in [4.69, 9.17) is 0 Å². The summed E-state index contributed by atoms with van der Waals surface area (Å²) in [5, 5.41) is 40.3. The number of aliphatic carboxylic acids is 1. The van der Waals surface area contributed by atoms with Crippen LogP contribution in [0.4, 0.5) is 22.7 Å². The number of benzene rings is 2. The number of rotatable bonds is 9. The van der Waals surface area contributed by atoms with Gasteiger partial charge in [-0.2, -0.15) is 5.11 Å². The van der Waals surface area contributed by atoms with E-state index in [1.54, 1.807) is 0 Å². The Kier molecular flexibility index (Phi) is 12.2. The molecule has 0 amide bonds. The third-order valence-corrected chi connectivity index (χ3v) is 6.64. The Labute approximate surface area is 258 Å². The molecule has 1 N–H and O–H groups in total. The van der Waals surface area contributed by atoms with Gasteiger partial charge >= 0.3 is 59.1 Å². The van der Waals surface area contributed by atoms with Crippen LogP contribution in [0.3, 0.4) is 0 Å². The van der Waals surface area contributed by atoms with Crippen molar-refractivity contribution in [3.63, 3.8) is 0 Å². The minimum atomic E-state index is -4.58. The molecule has 3 rings (SSSR count). The van der Waals surface area contributed by atoms with Crippen molar-refractivity contribution in [3.05, 3.63) is 52.1 Å². The molecule has 12 nitrogen and oxygen atoms in total. The standard InChI is InChI=1S/C22H26N4O8S.2Na/c1-22(2)12-14(13-35(32,33)34)17-10-18(24-23-15-5-7-16(8-6-15)26(30)31)20(27)11-19(17)25(22)9-3-4-21(28)29;;/h5-8,10-11,14,27H,3-4,9,12-13H2,1-2H3,(H,28,29)(H,32,33,34);;/q;2*+1/p-2. The van der Waals surface area contributed by atoms with E-state index in [-0.39, 0.29) is 101 Å². The summed E-state index contributed by atoms with van der Waals surface area (Å²) in [5.74, 6) is -2.80. The average molecular weight is 551 g/mol. The second-order valence-electron chi connectivity index (χ2n) is 8.94. The summed E-state index contributed by atoms with van der Waals surface area (Å²) in [5.41, 5.74) is 0.486. The Hall–Kier alpha value is -1.58. The van der Waals surface area contributed by atoms with E-state index in [0.29, 0.717) is 17.8 Å². The van der Waals surface area contributed by atoms with E-state index < -0.39 is 38.2 Å². The summed E-state index contributed by atoms with van der Waals surface area (Å²) in [7, 11) is -4.58. The van der Waals surface area contributed by atoms with Crippen molar-refractivity contribution < 1.29 is 92.0 Å². The number of hydrogen-bond donors (Lipinski definition) is 1. The van der Waals surface area contributed by atoms with Gasteiger partial charge in [-0.1, -0.05) is 0 Å². The number of carboxylic acids is 1. The van der Waals surface area contributed by atoms with Crippen LogP contribution in [-0.4, -0.2) is 46.8 Å². The minimum absolute atomic E-state index is 0. The van der Waals surface area contributed by atoms with Crippen molar-refractivity contribution in [2.24, 2.45) is 10.2 Å². The summed E-state index contributed by atoms with van der Waals surface area (Å²) < 4.78 is 34.8. The molecule has 1 aliphatic heterocycles. The molecule has 37 heavy (non-hydrogen) atoms. The zero-order chi connectivity index (χ0) is 26.0. The number of hydrogen-bond acceptors (Lipinski definition) is 11. The number of fused-ring (bicyclic) bond motifs is 1. The molecule has 0 bridgehead atoms. The first-order valence-electron chi connectivity index (χ1n) is 10.7. The van der Waals surface area contributed by atoms with Crippen molar-refractivity contribution in [1.29, 1.82) is 0 Å². The zero-order valence-electron chi connectivity index (χ0n) is 21.1. The van der Waals surface area contributed by atoms with Gasteiger partial charge in [0.15, 0.2) is 0 Å². The molecule has 0 saturated heterocycles.